The van der Waals surface area contributed by atoms with Crippen molar-refractivity contribution in [2.75, 3.05) is 5.32 Å². The Hall–Kier alpha value is -4.14. The molecule has 0 radical (unpaired) electrons. The van der Waals surface area contributed by atoms with E-state index in [1.807, 2.05) is 6.92 Å². The van der Waals surface area contributed by atoms with Crippen LogP contribution < -0.4 is 10.9 Å². The van der Waals surface area contributed by atoms with Crippen LogP contribution in [0.3, 0.4) is 0 Å². The van der Waals surface area contributed by atoms with Gasteiger partial charge in [0.15, 0.2) is 11.5 Å². The van der Waals surface area contributed by atoms with Gasteiger partial charge in [0.25, 0.3) is 5.56 Å². The number of nitrogens with one attached hydrogen (secondary N) is 2. The highest BCUT2D eigenvalue weighted by atomic mass is 19.1. The highest BCUT2D eigenvalue weighted by Gasteiger charge is 2.19. The molecule has 0 spiro atoms. The molecule has 31 heavy (non-hydrogen) atoms. The maximum Gasteiger partial charge on any atom is 0.266 e. The van der Waals surface area contributed by atoms with Crippen LogP contribution in [0.2, 0.25) is 0 Å². The summed E-state index contributed by atoms with van der Waals surface area (Å²) in [5.74, 6) is -0.535. The first-order chi connectivity index (χ1) is 15.0. The van der Waals surface area contributed by atoms with E-state index in [1.54, 1.807) is 18.2 Å². The van der Waals surface area contributed by atoms with E-state index in [9.17, 15) is 13.6 Å². The lowest BCUT2D eigenvalue weighted by molar-refractivity contribution is 0.626. The van der Waals surface area contributed by atoms with Crippen molar-refractivity contribution in [2.24, 2.45) is 0 Å². The van der Waals surface area contributed by atoms with Crippen LogP contribution in [-0.4, -0.2) is 24.5 Å². The Balaban J connectivity index is 1.71. The minimum absolute atomic E-state index is 0.0271. The monoisotopic (exact) mass is 418 g/mol. The quantitative estimate of drug-likeness (QED) is 0.459. The number of aromatic nitrogens is 5. The largest absolute Gasteiger partial charge is 0.360 e. The molecule has 3 aromatic heterocycles. The number of nitrogens with zero attached hydrogens (tertiary/aromatic N) is 4. The second kappa shape index (κ2) is 7.28. The molecule has 2 N–H and O–H groups in total. The fourth-order valence-corrected chi connectivity index (χ4v) is 3.67. The number of aromatic amines is 1. The van der Waals surface area contributed by atoms with E-state index < -0.39 is 23.2 Å². The Bertz CT molecular complexity index is 1480. The van der Waals surface area contributed by atoms with Gasteiger partial charge in [0.2, 0.25) is 0 Å². The summed E-state index contributed by atoms with van der Waals surface area (Å²) in [6.07, 6.45) is 2.91. The van der Waals surface area contributed by atoms with Crippen molar-refractivity contribution in [2.45, 2.75) is 13.0 Å². The van der Waals surface area contributed by atoms with E-state index in [-0.39, 0.29) is 5.39 Å². The molecule has 0 fully saturated rings. The first kappa shape index (κ1) is 18.9. The molecule has 0 bridgehead atoms. The van der Waals surface area contributed by atoms with E-state index in [0.29, 0.717) is 33.7 Å². The second-order valence-corrected chi connectivity index (χ2v) is 7.08. The van der Waals surface area contributed by atoms with Crippen molar-refractivity contribution in [3.63, 3.8) is 0 Å². The Morgan fingerprint density at radius 2 is 1.87 bits per heavy atom. The molecule has 0 saturated heterocycles. The average molecular weight is 418 g/mol. The topological polar surface area (TPSA) is 88.5 Å². The lowest BCUT2D eigenvalue weighted by Crippen LogP contribution is -2.26. The predicted molar refractivity (Wildman–Crippen MR) is 113 cm³/mol. The minimum Gasteiger partial charge on any atom is -0.360 e. The van der Waals surface area contributed by atoms with Crippen LogP contribution in [0.15, 0.2) is 66.0 Å². The van der Waals surface area contributed by atoms with Crippen molar-refractivity contribution in [1.82, 2.24) is 24.5 Å². The molecule has 5 rings (SSSR count). The molecule has 0 saturated carbocycles. The molecule has 9 heteroatoms. The summed E-state index contributed by atoms with van der Waals surface area (Å²) in [5, 5.41) is 3.71. The predicted octanol–water partition coefficient (Wildman–Crippen LogP) is 4.11. The number of hydrogen-bond donors (Lipinski definition) is 2. The van der Waals surface area contributed by atoms with E-state index in [4.69, 9.17) is 0 Å². The molecule has 154 valence electrons. The summed E-state index contributed by atoms with van der Waals surface area (Å²) >= 11 is 0. The van der Waals surface area contributed by atoms with Gasteiger partial charge in [-0.1, -0.05) is 12.1 Å². The highest BCUT2D eigenvalue weighted by molar-refractivity contribution is 5.84. The molecule has 0 aliphatic heterocycles. The van der Waals surface area contributed by atoms with Gasteiger partial charge in [0, 0.05) is 11.4 Å². The average Bonchev–Trinajstić information content (AvgIpc) is 3.24. The lowest BCUT2D eigenvalue weighted by Gasteiger charge is -2.21. The SMILES string of the molecule is CC(Nc1ncnc2nc[nH]c12)c1cc2cccc(F)c2c(=O)n1-c1ccc(F)cc1. The van der Waals surface area contributed by atoms with E-state index >= 15 is 0 Å². The summed E-state index contributed by atoms with van der Waals surface area (Å²) in [6, 6.07) is 11.3. The second-order valence-electron chi connectivity index (χ2n) is 7.08. The lowest BCUT2D eigenvalue weighted by atomic mass is 10.1. The van der Waals surface area contributed by atoms with Gasteiger partial charge in [-0.3, -0.25) is 9.36 Å². The summed E-state index contributed by atoms with van der Waals surface area (Å²) in [4.78, 5) is 28.8. The zero-order valence-corrected chi connectivity index (χ0v) is 16.3. The van der Waals surface area contributed by atoms with Gasteiger partial charge >= 0.3 is 0 Å². The third-order valence-electron chi connectivity index (χ3n) is 5.13. The summed E-state index contributed by atoms with van der Waals surface area (Å²) < 4.78 is 29.4. The van der Waals surface area contributed by atoms with Gasteiger partial charge in [-0.15, -0.1) is 0 Å². The van der Waals surface area contributed by atoms with Crippen molar-refractivity contribution in [3.8, 4) is 5.69 Å². The number of halogens is 2. The molecule has 0 aliphatic rings. The van der Waals surface area contributed by atoms with Crippen molar-refractivity contribution >= 4 is 27.8 Å². The number of rotatable bonds is 4. The normalized spacial score (nSPS) is 12.4. The molecule has 5 aromatic rings. The van der Waals surface area contributed by atoms with Crippen LogP contribution in [0.5, 0.6) is 0 Å². The van der Waals surface area contributed by atoms with Gasteiger partial charge in [-0.25, -0.2) is 23.7 Å². The van der Waals surface area contributed by atoms with E-state index in [1.165, 1.54) is 47.6 Å². The Morgan fingerprint density at radius 1 is 1.06 bits per heavy atom. The number of benzene rings is 2. The summed E-state index contributed by atoms with van der Waals surface area (Å²) in [7, 11) is 0. The Labute approximate surface area is 174 Å². The molecular weight excluding hydrogens is 402 g/mol. The van der Waals surface area contributed by atoms with Crippen LogP contribution in [0, 0.1) is 11.6 Å². The van der Waals surface area contributed by atoms with E-state index in [0.717, 1.165) is 0 Å². The molecule has 0 amide bonds. The number of imidazole rings is 1. The molecule has 0 aliphatic carbocycles. The van der Waals surface area contributed by atoms with Crippen LogP contribution in [0.4, 0.5) is 14.6 Å². The number of pyridine rings is 1. The molecule has 3 heterocycles. The van der Waals surface area contributed by atoms with Gasteiger partial charge in [0.1, 0.15) is 23.5 Å². The first-order valence-electron chi connectivity index (χ1n) is 9.53. The van der Waals surface area contributed by atoms with Crippen LogP contribution in [-0.2, 0) is 0 Å². The Morgan fingerprint density at radius 3 is 2.68 bits per heavy atom. The number of anilines is 1. The third-order valence-corrected chi connectivity index (χ3v) is 5.13. The zero-order chi connectivity index (χ0) is 21.5. The maximum absolute atomic E-state index is 14.5. The molecule has 1 atom stereocenters. The van der Waals surface area contributed by atoms with Crippen molar-refractivity contribution < 1.29 is 8.78 Å². The molecule has 7 nitrogen and oxygen atoms in total. The molecule has 2 aromatic carbocycles. The smallest absolute Gasteiger partial charge is 0.266 e. The third kappa shape index (κ3) is 3.20. The van der Waals surface area contributed by atoms with Crippen LogP contribution in [0.1, 0.15) is 18.7 Å². The Kier molecular flexibility index (Phi) is 4.43. The summed E-state index contributed by atoms with van der Waals surface area (Å²) in [6.45, 7) is 1.85. The van der Waals surface area contributed by atoms with Crippen molar-refractivity contribution in [1.29, 1.82) is 0 Å². The highest BCUT2D eigenvalue weighted by Crippen LogP contribution is 2.26. The van der Waals surface area contributed by atoms with Gasteiger partial charge in [-0.05, 0) is 48.7 Å². The van der Waals surface area contributed by atoms with Crippen molar-refractivity contribution in [3.05, 3.63) is 88.9 Å². The fraction of sp³-hybridized carbons (Fsp3) is 0.0909. The summed E-state index contributed by atoms with van der Waals surface area (Å²) in [5.41, 5.74) is 1.58. The first-order valence-corrected chi connectivity index (χ1v) is 9.53. The van der Waals surface area contributed by atoms with Crippen LogP contribution in [0.25, 0.3) is 27.6 Å². The maximum atomic E-state index is 14.5. The number of H-pyrrole nitrogens is 1. The minimum atomic E-state index is -0.611. The number of fused-ring (bicyclic) bond motifs is 2. The van der Waals surface area contributed by atoms with Crippen LogP contribution >= 0.6 is 0 Å². The molecular formula is C22H16F2N6O. The van der Waals surface area contributed by atoms with Gasteiger partial charge in [0.05, 0.1) is 17.8 Å². The molecule has 1 unspecified atom stereocenters. The zero-order valence-electron chi connectivity index (χ0n) is 16.3. The van der Waals surface area contributed by atoms with Gasteiger partial charge < -0.3 is 10.3 Å². The fourth-order valence-electron chi connectivity index (χ4n) is 3.67. The van der Waals surface area contributed by atoms with E-state index in [2.05, 4.69) is 25.3 Å². The number of hydrogen-bond acceptors (Lipinski definition) is 5. The standard InChI is InChI=1S/C22H16F2N6O/c1-12(29-21-19-20(26-10-25-19)27-11-28-21)17-9-13-3-2-4-16(24)18(13)22(31)30(17)15-7-5-14(23)6-8-15/h2-12H,1H3,(H2,25,26,27,28,29). The van der Waals surface area contributed by atoms with Gasteiger partial charge in [-0.2, -0.15) is 0 Å².